The summed E-state index contributed by atoms with van der Waals surface area (Å²) >= 11 is 1.13. The van der Waals surface area contributed by atoms with Gasteiger partial charge in [-0.1, -0.05) is 11.8 Å². The molecule has 2 aromatic rings. The van der Waals surface area contributed by atoms with E-state index < -0.39 is 12.1 Å². The topological polar surface area (TPSA) is 111 Å². The molecule has 1 fully saturated rings. The number of nitrogens with zero attached hydrogens (tertiary/aromatic N) is 2. The third kappa shape index (κ3) is 4.67. The summed E-state index contributed by atoms with van der Waals surface area (Å²) < 4.78 is 6.06. The molecule has 2 N–H and O–H groups in total. The fourth-order valence-corrected chi connectivity index (χ4v) is 3.43. The minimum atomic E-state index is -0.754. The molecule has 1 aliphatic rings. The van der Waals surface area contributed by atoms with Gasteiger partial charge in [-0.2, -0.15) is 0 Å². The van der Waals surface area contributed by atoms with Crippen LogP contribution >= 0.6 is 11.8 Å². The Hall–Kier alpha value is -2.39. The van der Waals surface area contributed by atoms with E-state index in [1.54, 1.807) is 6.92 Å². The van der Waals surface area contributed by atoms with Crippen molar-refractivity contribution >= 4 is 34.5 Å². The van der Waals surface area contributed by atoms with Crippen LogP contribution < -0.4 is 10.9 Å². The molecule has 8 nitrogen and oxygen atoms in total. The summed E-state index contributed by atoms with van der Waals surface area (Å²) in [7, 11) is 1.28. The number of fused-ring (bicyclic) bond motifs is 1. The van der Waals surface area contributed by atoms with Crippen LogP contribution in [-0.2, 0) is 16.1 Å². The molecule has 9 heteroatoms. The van der Waals surface area contributed by atoms with Gasteiger partial charge in [0.1, 0.15) is 0 Å². The van der Waals surface area contributed by atoms with Gasteiger partial charge < -0.3 is 15.2 Å². The number of nitrogens with one attached hydrogen (secondary N) is 1. The van der Waals surface area contributed by atoms with Gasteiger partial charge in [-0.25, -0.2) is 9.78 Å². The zero-order valence-corrected chi connectivity index (χ0v) is 15.9. The second kappa shape index (κ2) is 8.10. The maximum Gasteiger partial charge on any atom is 0.337 e. The van der Waals surface area contributed by atoms with E-state index in [1.807, 2.05) is 0 Å². The maximum atomic E-state index is 12.8. The van der Waals surface area contributed by atoms with Crippen LogP contribution in [0, 0.1) is 0 Å². The highest BCUT2D eigenvalue weighted by Gasteiger charge is 2.23. The Kier molecular flexibility index (Phi) is 5.81. The van der Waals surface area contributed by atoms with E-state index in [9.17, 15) is 19.5 Å². The summed E-state index contributed by atoms with van der Waals surface area (Å²) in [6.45, 7) is 1.64. The van der Waals surface area contributed by atoms with E-state index in [1.165, 1.54) is 29.9 Å². The number of aromatic nitrogens is 2. The summed E-state index contributed by atoms with van der Waals surface area (Å²) in [5.74, 6) is -0.529. The molecule has 1 aromatic carbocycles. The quantitative estimate of drug-likeness (QED) is 0.410. The first-order chi connectivity index (χ1) is 12.9. The smallest absolute Gasteiger partial charge is 0.337 e. The average molecular weight is 391 g/mol. The number of amides is 1. The number of carbonyl (C=O) groups excluding carboxylic acids is 2. The van der Waals surface area contributed by atoms with Crippen LogP contribution in [0.2, 0.25) is 0 Å². The minimum Gasteiger partial charge on any atom is -0.465 e. The number of hydrogen-bond donors (Lipinski definition) is 2. The minimum absolute atomic E-state index is 0.0626. The number of thioether (sulfide) groups is 1. The molecule has 0 spiro atoms. The van der Waals surface area contributed by atoms with Crippen LogP contribution in [-0.4, -0.2) is 51.5 Å². The lowest BCUT2D eigenvalue weighted by atomic mass is 10.1. The van der Waals surface area contributed by atoms with Gasteiger partial charge in [-0.3, -0.25) is 14.2 Å². The molecule has 0 radical (unpaired) electrons. The molecule has 1 heterocycles. The zero-order chi connectivity index (χ0) is 19.6. The molecule has 1 aliphatic carbocycles. The van der Waals surface area contributed by atoms with Gasteiger partial charge in [-0.05, 0) is 38.0 Å². The Labute approximate surface area is 159 Å². The highest BCUT2D eigenvalue weighted by atomic mass is 32.2. The predicted octanol–water partition coefficient (Wildman–Crippen LogP) is 0.935. The molecule has 144 valence electrons. The SMILES string of the molecule is COC(=O)c1ccc2c(=O)n(C[C@H](C)O)c(SCC(=O)NC3CC3)nc2c1. The number of carbonyl (C=O) groups is 2. The fraction of sp³-hybridized carbons (Fsp3) is 0.444. The van der Waals surface area contributed by atoms with E-state index in [4.69, 9.17) is 4.74 Å². The summed E-state index contributed by atoms with van der Waals surface area (Å²) in [4.78, 5) is 41.0. The van der Waals surface area contributed by atoms with Gasteiger partial charge in [0.2, 0.25) is 5.91 Å². The van der Waals surface area contributed by atoms with Crippen molar-refractivity contribution < 1.29 is 19.4 Å². The van der Waals surface area contributed by atoms with Crippen LogP contribution in [0.15, 0.2) is 28.2 Å². The van der Waals surface area contributed by atoms with Crippen LogP contribution in [0.5, 0.6) is 0 Å². The van der Waals surface area contributed by atoms with Crippen molar-refractivity contribution in [3.05, 3.63) is 34.1 Å². The number of esters is 1. The Balaban J connectivity index is 1.97. The van der Waals surface area contributed by atoms with Crippen molar-refractivity contribution in [2.45, 2.75) is 43.6 Å². The standard InChI is InChI=1S/C18H21N3O5S/c1-10(22)8-21-16(24)13-6-3-11(17(25)26-2)7-14(13)20-18(21)27-9-15(23)19-12-4-5-12/h3,6-7,10,12,22H,4-5,8-9H2,1-2H3,(H,19,23)/t10-/m0/s1. The Morgan fingerprint density at radius 2 is 2.19 bits per heavy atom. The lowest BCUT2D eigenvalue weighted by molar-refractivity contribution is -0.118. The number of hydrogen-bond acceptors (Lipinski definition) is 7. The van der Waals surface area contributed by atoms with E-state index in [2.05, 4.69) is 10.3 Å². The molecule has 0 saturated heterocycles. The Morgan fingerprint density at radius 3 is 2.81 bits per heavy atom. The van der Waals surface area contributed by atoms with Crippen LogP contribution in [0.25, 0.3) is 10.9 Å². The molecule has 3 rings (SSSR count). The molecule has 1 atom stereocenters. The van der Waals surface area contributed by atoms with Crippen LogP contribution in [0.3, 0.4) is 0 Å². The monoisotopic (exact) mass is 391 g/mol. The van der Waals surface area contributed by atoms with Crippen molar-refractivity contribution in [3.8, 4) is 0 Å². The van der Waals surface area contributed by atoms with Crippen molar-refractivity contribution in [2.75, 3.05) is 12.9 Å². The maximum absolute atomic E-state index is 12.8. The first kappa shape index (κ1) is 19.4. The van der Waals surface area contributed by atoms with Gasteiger partial charge in [0, 0.05) is 6.04 Å². The Morgan fingerprint density at radius 1 is 1.44 bits per heavy atom. The highest BCUT2D eigenvalue weighted by Crippen LogP contribution is 2.21. The molecule has 1 amide bonds. The number of rotatable bonds is 7. The van der Waals surface area contributed by atoms with Crippen molar-refractivity contribution in [2.24, 2.45) is 0 Å². The highest BCUT2D eigenvalue weighted by molar-refractivity contribution is 7.99. The second-order valence-corrected chi connectivity index (χ2v) is 7.46. The molecule has 1 aromatic heterocycles. The molecule has 27 heavy (non-hydrogen) atoms. The number of ether oxygens (including phenoxy) is 1. The first-order valence-electron chi connectivity index (χ1n) is 8.62. The molecular weight excluding hydrogens is 370 g/mol. The summed E-state index contributed by atoms with van der Waals surface area (Å²) in [6.07, 6.45) is 1.23. The van der Waals surface area contributed by atoms with Gasteiger partial charge in [0.25, 0.3) is 5.56 Å². The second-order valence-electron chi connectivity index (χ2n) is 6.51. The average Bonchev–Trinajstić information content (AvgIpc) is 3.45. The Bertz CT molecular complexity index is 936. The molecule has 1 saturated carbocycles. The van der Waals surface area contributed by atoms with Crippen molar-refractivity contribution in [1.82, 2.24) is 14.9 Å². The van der Waals surface area contributed by atoms with E-state index in [-0.39, 0.29) is 35.4 Å². The number of aliphatic hydroxyl groups excluding tert-OH is 1. The summed E-state index contributed by atoms with van der Waals surface area (Å²) in [5.41, 5.74) is 0.296. The summed E-state index contributed by atoms with van der Waals surface area (Å²) in [6, 6.07) is 4.76. The zero-order valence-electron chi connectivity index (χ0n) is 15.1. The first-order valence-corrected chi connectivity index (χ1v) is 9.60. The number of aliphatic hydroxyl groups is 1. The summed E-state index contributed by atoms with van der Waals surface area (Å²) in [5, 5.41) is 13.3. The van der Waals surface area contributed by atoms with E-state index in [0.717, 1.165) is 24.6 Å². The molecular formula is C18H21N3O5S. The van der Waals surface area contributed by atoms with Gasteiger partial charge in [0.05, 0.1) is 42.0 Å². The molecule has 0 unspecified atom stereocenters. The lowest BCUT2D eigenvalue weighted by Gasteiger charge is -2.14. The van der Waals surface area contributed by atoms with Gasteiger partial charge in [0.15, 0.2) is 5.16 Å². The van der Waals surface area contributed by atoms with Crippen LogP contribution in [0.4, 0.5) is 0 Å². The van der Waals surface area contributed by atoms with Gasteiger partial charge in [-0.15, -0.1) is 0 Å². The van der Waals surface area contributed by atoms with E-state index >= 15 is 0 Å². The number of methoxy groups -OCH3 is 1. The van der Waals surface area contributed by atoms with Crippen molar-refractivity contribution in [3.63, 3.8) is 0 Å². The molecule has 0 aliphatic heterocycles. The van der Waals surface area contributed by atoms with Gasteiger partial charge >= 0.3 is 5.97 Å². The fourth-order valence-electron chi connectivity index (χ4n) is 2.61. The lowest BCUT2D eigenvalue weighted by Crippen LogP contribution is -2.30. The predicted molar refractivity (Wildman–Crippen MR) is 101 cm³/mol. The largest absolute Gasteiger partial charge is 0.465 e. The third-order valence-corrected chi connectivity index (χ3v) is 5.04. The van der Waals surface area contributed by atoms with Crippen LogP contribution in [0.1, 0.15) is 30.1 Å². The molecule has 0 bridgehead atoms. The van der Waals surface area contributed by atoms with E-state index in [0.29, 0.717) is 16.1 Å². The third-order valence-electron chi connectivity index (χ3n) is 4.06. The number of benzene rings is 1. The van der Waals surface area contributed by atoms with Crippen molar-refractivity contribution in [1.29, 1.82) is 0 Å². The normalized spacial score (nSPS) is 14.8.